The van der Waals surface area contributed by atoms with Crippen LogP contribution in [0.3, 0.4) is 0 Å². The lowest BCUT2D eigenvalue weighted by Crippen LogP contribution is -2.21. The van der Waals surface area contributed by atoms with Gasteiger partial charge < -0.3 is 15.8 Å². The van der Waals surface area contributed by atoms with E-state index in [1.54, 1.807) is 7.11 Å². The third-order valence-electron chi connectivity index (χ3n) is 1.94. The summed E-state index contributed by atoms with van der Waals surface area (Å²) in [5.74, 6) is 0.834. The minimum atomic E-state index is 0.246. The highest BCUT2D eigenvalue weighted by atomic mass is 16.5. The summed E-state index contributed by atoms with van der Waals surface area (Å²) in [6, 6.07) is 3.97. The molecule has 0 radical (unpaired) electrons. The second-order valence-corrected chi connectivity index (χ2v) is 3.37. The van der Waals surface area contributed by atoms with Gasteiger partial charge in [0.1, 0.15) is 5.82 Å². The predicted molar refractivity (Wildman–Crippen MR) is 58.3 cm³/mol. The summed E-state index contributed by atoms with van der Waals surface area (Å²) in [5.41, 5.74) is 7.23. The molecule has 0 bridgehead atoms. The van der Waals surface area contributed by atoms with E-state index in [1.165, 1.54) is 0 Å². The van der Waals surface area contributed by atoms with Gasteiger partial charge in [0.05, 0.1) is 18.0 Å². The lowest BCUT2D eigenvalue weighted by Gasteiger charge is -2.13. The lowest BCUT2D eigenvalue weighted by atomic mass is 10.3. The second-order valence-electron chi connectivity index (χ2n) is 3.37. The Bertz CT molecular complexity index is 301. The second kappa shape index (κ2) is 4.81. The Labute approximate surface area is 84.5 Å². The molecule has 0 fully saturated rings. The highest BCUT2D eigenvalue weighted by molar-refractivity contribution is 5.49. The third-order valence-corrected chi connectivity index (χ3v) is 1.94. The standard InChI is InChI=1S/C10H17N3O/c1-7(6-14-3)12-10-5-4-9(11)8(2)13-10/h4-5,7H,6,11H2,1-3H3,(H,12,13). The molecule has 1 unspecified atom stereocenters. The van der Waals surface area contributed by atoms with Gasteiger partial charge in [0.25, 0.3) is 0 Å². The lowest BCUT2D eigenvalue weighted by molar-refractivity contribution is 0.190. The molecule has 0 saturated heterocycles. The first-order valence-corrected chi connectivity index (χ1v) is 4.62. The molecule has 78 valence electrons. The van der Waals surface area contributed by atoms with Crippen molar-refractivity contribution < 1.29 is 4.74 Å². The van der Waals surface area contributed by atoms with Crippen LogP contribution in [0.1, 0.15) is 12.6 Å². The van der Waals surface area contributed by atoms with Crippen LogP contribution in [0, 0.1) is 6.92 Å². The molecule has 0 aliphatic heterocycles. The molecule has 14 heavy (non-hydrogen) atoms. The fourth-order valence-electron chi connectivity index (χ4n) is 1.20. The molecule has 1 heterocycles. The van der Waals surface area contributed by atoms with Gasteiger partial charge in [-0.3, -0.25) is 0 Å². The Morgan fingerprint density at radius 2 is 2.29 bits per heavy atom. The number of hydrogen-bond acceptors (Lipinski definition) is 4. The SMILES string of the molecule is COCC(C)Nc1ccc(N)c(C)n1. The van der Waals surface area contributed by atoms with Crippen molar-refractivity contribution in [2.75, 3.05) is 24.8 Å². The maximum absolute atomic E-state index is 5.66. The number of nitrogens with zero attached hydrogens (tertiary/aromatic N) is 1. The van der Waals surface area contributed by atoms with E-state index >= 15 is 0 Å². The highest BCUT2D eigenvalue weighted by Crippen LogP contribution is 2.12. The topological polar surface area (TPSA) is 60.2 Å². The van der Waals surface area contributed by atoms with Crippen molar-refractivity contribution in [2.45, 2.75) is 19.9 Å². The Balaban J connectivity index is 2.63. The number of anilines is 2. The van der Waals surface area contributed by atoms with Crippen molar-refractivity contribution in [3.8, 4) is 0 Å². The zero-order chi connectivity index (χ0) is 10.6. The van der Waals surface area contributed by atoms with Gasteiger partial charge in [-0.15, -0.1) is 0 Å². The van der Waals surface area contributed by atoms with Gasteiger partial charge >= 0.3 is 0 Å². The smallest absolute Gasteiger partial charge is 0.126 e. The Kier molecular flexibility index (Phi) is 3.71. The van der Waals surface area contributed by atoms with E-state index in [2.05, 4.69) is 10.3 Å². The number of aromatic nitrogens is 1. The molecule has 0 spiro atoms. The van der Waals surface area contributed by atoms with Crippen LogP contribution in [0.15, 0.2) is 12.1 Å². The Morgan fingerprint density at radius 3 is 2.86 bits per heavy atom. The van der Waals surface area contributed by atoms with Crippen LogP contribution in [0.5, 0.6) is 0 Å². The minimum Gasteiger partial charge on any atom is -0.397 e. The summed E-state index contributed by atoms with van der Waals surface area (Å²) in [4.78, 5) is 4.30. The van der Waals surface area contributed by atoms with Crippen molar-refractivity contribution in [1.82, 2.24) is 4.98 Å². The molecule has 0 amide bonds. The highest BCUT2D eigenvalue weighted by Gasteiger charge is 2.03. The van der Waals surface area contributed by atoms with E-state index < -0.39 is 0 Å². The predicted octanol–water partition coefficient (Wildman–Crippen LogP) is 1.42. The summed E-state index contributed by atoms with van der Waals surface area (Å²) in [7, 11) is 1.68. The van der Waals surface area contributed by atoms with E-state index in [4.69, 9.17) is 10.5 Å². The van der Waals surface area contributed by atoms with E-state index in [1.807, 2.05) is 26.0 Å². The number of ether oxygens (including phenoxy) is 1. The first-order chi connectivity index (χ1) is 6.63. The number of nitrogens with two attached hydrogens (primary N) is 1. The van der Waals surface area contributed by atoms with Crippen molar-refractivity contribution >= 4 is 11.5 Å². The molecule has 1 rings (SSSR count). The molecular weight excluding hydrogens is 178 g/mol. The summed E-state index contributed by atoms with van der Waals surface area (Å²) in [6.45, 7) is 4.59. The number of rotatable bonds is 4. The number of nitrogens with one attached hydrogen (secondary N) is 1. The van der Waals surface area contributed by atoms with Crippen LogP contribution >= 0.6 is 0 Å². The van der Waals surface area contributed by atoms with Gasteiger partial charge in [-0.25, -0.2) is 4.98 Å². The molecule has 0 aliphatic carbocycles. The summed E-state index contributed by atoms with van der Waals surface area (Å²) >= 11 is 0. The van der Waals surface area contributed by atoms with Crippen molar-refractivity contribution in [1.29, 1.82) is 0 Å². The van der Waals surface area contributed by atoms with Crippen molar-refractivity contribution in [3.63, 3.8) is 0 Å². The molecule has 1 aromatic rings. The van der Waals surface area contributed by atoms with Crippen molar-refractivity contribution in [2.24, 2.45) is 0 Å². The number of nitrogen functional groups attached to an aromatic ring is 1. The zero-order valence-corrected chi connectivity index (χ0v) is 8.87. The van der Waals surface area contributed by atoms with Gasteiger partial charge in [0.2, 0.25) is 0 Å². The maximum Gasteiger partial charge on any atom is 0.126 e. The first kappa shape index (κ1) is 10.8. The zero-order valence-electron chi connectivity index (χ0n) is 8.87. The van der Waals surface area contributed by atoms with Crippen LogP contribution in [0.2, 0.25) is 0 Å². The minimum absolute atomic E-state index is 0.246. The fourth-order valence-corrected chi connectivity index (χ4v) is 1.20. The van der Waals surface area contributed by atoms with Crippen LogP contribution in [0.4, 0.5) is 11.5 Å². The van der Waals surface area contributed by atoms with Gasteiger partial charge in [0.15, 0.2) is 0 Å². The molecular formula is C10H17N3O. The van der Waals surface area contributed by atoms with Crippen LogP contribution < -0.4 is 11.1 Å². The quantitative estimate of drug-likeness (QED) is 0.762. The normalized spacial score (nSPS) is 12.5. The van der Waals surface area contributed by atoms with E-state index in [9.17, 15) is 0 Å². The average molecular weight is 195 g/mol. The van der Waals surface area contributed by atoms with E-state index in [-0.39, 0.29) is 6.04 Å². The monoisotopic (exact) mass is 195 g/mol. The molecule has 1 aromatic heterocycles. The Morgan fingerprint density at radius 1 is 1.57 bits per heavy atom. The van der Waals surface area contributed by atoms with Gasteiger partial charge in [0, 0.05) is 13.2 Å². The third kappa shape index (κ3) is 2.88. The molecule has 0 aliphatic rings. The summed E-state index contributed by atoms with van der Waals surface area (Å²) in [5, 5.41) is 3.22. The molecule has 3 N–H and O–H groups in total. The molecule has 4 nitrogen and oxygen atoms in total. The van der Waals surface area contributed by atoms with Gasteiger partial charge in [-0.05, 0) is 26.0 Å². The number of aryl methyl sites for hydroxylation is 1. The van der Waals surface area contributed by atoms with Crippen LogP contribution in [0.25, 0.3) is 0 Å². The summed E-state index contributed by atoms with van der Waals surface area (Å²) in [6.07, 6.45) is 0. The van der Waals surface area contributed by atoms with Gasteiger partial charge in [-0.1, -0.05) is 0 Å². The fraction of sp³-hybridized carbons (Fsp3) is 0.500. The van der Waals surface area contributed by atoms with Crippen molar-refractivity contribution in [3.05, 3.63) is 17.8 Å². The maximum atomic E-state index is 5.66. The average Bonchev–Trinajstić information content (AvgIpc) is 2.12. The van der Waals surface area contributed by atoms with Gasteiger partial charge in [-0.2, -0.15) is 0 Å². The first-order valence-electron chi connectivity index (χ1n) is 4.62. The molecule has 0 aromatic carbocycles. The number of methoxy groups -OCH3 is 1. The largest absolute Gasteiger partial charge is 0.397 e. The molecule has 1 atom stereocenters. The summed E-state index contributed by atoms with van der Waals surface area (Å²) < 4.78 is 5.01. The van der Waals surface area contributed by atoms with Crippen LogP contribution in [-0.4, -0.2) is 24.7 Å². The number of hydrogen-bond donors (Lipinski definition) is 2. The Hall–Kier alpha value is -1.29. The van der Waals surface area contributed by atoms with Crippen LogP contribution in [-0.2, 0) is 4.74 Å². The van der Waals surface area contributed by atoms with E-state index in [0.29, 0.717) is 6.61 Å². The molecule has 0 saturated carbocycles. The molecule has 4 heteroatoms. The van der Waals surface area contributed by atoms with E-state index in [0.717, 1.165) is 17.2 Å². The number of pyridine rings is 1.